The molecular weight excluding hydrogens is 216 g/mol. The number of rotatable bonds is 13. The van der Waals surface area contributed by atoms with Gasteiger partial charge in [-0.05, 0) is 12.8 Å². The van der Waals surface area contributed by atoms with Gasteiger partial charge in [0.2, 0.25) is 0 Å². The molecule has 0 spiro atoms. The predicted molar refractivity (Wildman–Crippen MR) is 69.1 cm³/mol. The first-order chi connectivity index (χ1) is 8.27. The van der Waals surface area contributed by atoms with Crippen molar-refractivity contribution in [3.63, 3.8) is 0 Å². The standard InChI is InChI=1S/C14H26O3/c15-13-11-9-7-5-3-1-2-4-6-8-10-12-14(16)17/h13H,1-12H2,(H,16,17). The summed E-state index contributed by atoms with van der Waals surface area (Å²) in [5.74, 6) is -0.680. The summed E-state index contributed by atoms with van der Waals surface area (Å²) in [4.78, 5) is 20.3. The van der Waals surface area contributed by atoms with Crippen molar-refractivity contribution in [3.8, 4) is 0 Å². The summed E-state index contributed by atoms with van der Waals surface area (Å²) in [7, 11) is 0. The van der Waals surface area contributed by atoms with Gasteiger partial charge in [0.25, 0.3) is 0 Å². The fourth-order valence-corrected chi connectivity index (χ4v) is 1.92. The van der Waals surface area contributed by atoms with Crippen LogP contribution in [0, 0.1) is 0 Å². The SMILES string of the molecule is O=CCCCCCCCCCCCCC(=O)O. The van der Waals surface area contributed by atoms with Crippen molar-refractivity contribution in [1.82, 2.24) is 0 Å². The fraction of sp³-hybridized carbons (Fsp3) is 0.857. The maximum absolute atomic E-state index is 10.3. The number of aliphatic carboxylic acids is 1. The molecule has 0 fully saturated rings. The molecule has 3 heteroatoms. The molecule has 0 saturated carbocycles. The zero-order valence-corrected chi connectivity index (χ0v) is 10.8. The minimum absolute atomic E-state index is 0.316. The van der Waals surface area contributed by atoms with Crippen LogP contribution < -0.4 is 0 Å². The van der Waals surface area contributed by atoms with Crippen LogP contribution in [-0.4, -0.2) is 17.4 Å². The van der Waals surface area contributed by atoms with Gasteiger partial charge in [0.15, 0.2) is 0 Å². The lowest BCUT2D eigenvalue weighted by Crippen LogP contribution is -1.93. The first kappa shape index (κ1) is 16.1. The molecule has 0 unspecified atom stereocenters. The average molecular weight is 242 g/mol. The van der Waals surface area contributed by atoms with Gasteiger partial charge in [0.1, 0.15) is 6.29 Å². The number of carboxylic acids is 1. The van der Waals surface area contributed by atoms with E-state index in [1.807, 2.05) is 0 Å². The van der Waals surface area contributed by atoms with Crippen molar-refractivity contribution in [2.45, 2.75) is 77.0 Å². The Kier molecular flexibility index (Phi) is 12.5. The van der Waals surface area contributed by atoms with E-state index in [1.54, 1.807) is 0 Å². The zero-order valence-electron chi connectivity index (χ0n) is 10.8. The molecule has 0 aliphatic rings. The van der Waals surface area contributed by atoms with Crippen LogP contribution in [0.2, 0.25) is 0 Å². The van der Waals surface area contributed by atoms with Crippen LogP contribution in [0.3, 0.4) is 0 Å². The summed E-state index contributed by atoms with van der Waals surface area (Å²) in [6.45, 7) is 0. The number of unbranched alkanes of at least 4 members (excludes halogenated alkanes) is 10. The Hall–Kier alpha value is -0.860. The molecule has 0 aromatic heterocycles. The van der Waals surface area contributed by atoms with Gasteiger partial charge in [-0.2, -0.15) is 0 Å². The van der Waals surface area contributed by atoms with E-state index in [9.17, 15) is 9.59 Å². The van der Waals surface area contributed by atoms with Crippen LogP contribution in [0.5, 0.6) is 0 Å². The number of carboxylic acid groups (broad SMARTS) is 1. The van der Waals surface area contributed by atoms with E-state index < -0.39 is 5.97 Å². The highest BCUT2D eigenvalue weighted by molar-refractivity contribution is 5.66. The van der Waals surface area contributed by atoms with Gasteiger partial charge < -0.3 is 9.90 Å². The van der Waals surface area contributed by atoms with Crippen molar-refractivity contribution in [2.24, 2.45) is 0 Å². The van der Waals surface area contributed by atoms with Crippen LogP contribution in [0.25, 0.3) is 0 Å². The Morgan fingerprint density at radius 2 is 1.18 bits per heavy atom. The molecule has 0 aromatic carbocycles. The normalized spacial score (nSPS) is 10.4. The average Bonchev–Trinajstić information content (AvgIpc) is 2.30. The summed E-state index contributed by atoms with van der Waals surface area (Å²) in [5, 5.41) is 8.45. The summed E-state index contributed by atoms with van der Waals surface area (Å²) < 4.78 is 0. The molecule has 0 saturated heterocycles. The third-order valence-electron chi connectivity index (χ3n) is 2.96. The Balaban J connectivity index is 2.94. The lowest BCUT2D eigenvalue weighted by Gasteiger charge is -2.01. The molecule has 17 heavy (non-hydrogen) atoms. The maximum atomic E-state index is 10.3. The van der Waals surface area contributed by atoms with Gasteiger partial charge in [0, 0.05) is 12.8 Å². The largest absolute Gasteiger partial charge is 0.481 e. The Morgan fingerprint density at radius 1 is 0.765 bits per heavy atom. The van der Waals surface area contributed by atoms with Gasteiger partial charge in [-0.1, -0.05) is 51.4 Å². The smallest absolute Gasteiger partial charge is 0.303 e. The molecule has 0 atom stereocenters. The summed E-state index contributed by atoms with van der Waals surface area (Å²) in [6, 6.07) is 0. The molecule has 0 bridgehead atoms. The van der Waals surface area contributed by atoms with Crippen LogP contribution in [-0.2, 0) is 9.59 Å². The van der Waals surface area contributed by atoms with E-state index in [-0.39, 0.29) is 0 Å². The molecule has 0 amide bonds. The maximum Gasteiger partial charge on any atom is 0.303 e. The minimum Gasteiger partial charge on any atom is -0.481 e. The number of carbonyl (C=O) groups excluding carboxylic acids is 1. The second-order valence-electron chi connectivity index (χ2n) is 4.63. The number of hydrogen-bond acceptors (Lipinski definition) is 2. The van der Waals surface area contributed by atoms with Gasteiger partial charge in [0.05, 0.1) is 0 Å². The Morgan fingerprint density at radius 3 is 1.59 bits per heavy atom. The fourth-order valence-electron chi connectivity index (χ4n) is 1.92. The number of carbonyl (C=O) groups is 2. The molecular formula is C14H26O3. The highest BCUT2D eigenvalue weighted by Gasteiger charge is 1.96. The minimum atomic E-state index is -0.680. The molecule has 0 aliphatic heterocycles. The van der Waals surface area contributed by atoms with E-state index >= 15 is 0 Å². The summed E-state index contributed by atoms with van der Waals surface area (Å²) >= 11 is 0. The second-order valence-corrected chi connectivity index (χ2v) is 4.63. The summed E-state index contributed by atoms with van der Waals surface area (Å²) in [6.07, 6.45) is 13.6. The molecule has 3 nitrogen and oxygen atoms in total. The third-order valence-corrected chi connectivity index (χ3v) is 2.96. The topological polar surface area (TPSA) is 54.4 Å². The van der Waals surface area contributed by atoms with Crippen molar-refractivity contribution >= 4 is 12.3 Å². The van der Waals surface area contributed by atoms with E-state index in [0.29, 0.717) is 12.8 Å². The van der Waals surface area contributed by atoms with Gasteiger partial charge >= 0.3 is 5.97 Å². The number of hydrogen-bond donors (Lipinski definition) is 1. The van der Waals surface area contributed by atoms with Crippen molar-refractivity contribution in [2.75, 3.05) is 0 Å². The molecule has 0 rings (SSSR count). The molecule has 0 aromatic rings. The lowest BCUT2D eigenvalue weighted by atomic mass is 10.1. The highest BCUT2D eigenvalue weighted by Crippen LogP contribution is 2.11. The van der Waals surface area contributed by atoms with Crippen molar-refractivity contribution < 1.29 is 14.7 Å². The lowest BCUT2D eigenvalue weighted by molar-refractivity contribution is -0.137. The van der Waals surface area contributed by atoms with Crippen LogP contribution in [0.15, 0.2) is 0 Å². The second kappa shape index (κ2) is 13.2. The quantitative estimate of drug-likeness (QED) is 0.393. The summed E-state index contributed by atoms with van der Waals surface area (Å²) in [5.41, 5.74) is 0. The van der Waals surface area contributed by atoms with E-state index in [4.69, 9.17) is 5.11 Å². The van der Waals surface area contributed by atoms with Gasteiger partial charge in [-0.15, -0.1) is 0 Å². The molecule has 100 valence electrons. The van der Waals surface area contributed by atoms with Crippen molar-refractivity contribution in [3.05, 3.63) is 0 Å². The highest BCUT2D eigenvalue weighted by atomic mass is 16.4. The number of aldehydes is 1. The first-order valence-electron chi connectivity index (χ1n) is 6.93. The Labute approximate surface area is 105 Å². The van der Waals surface area contributed by atoms with E-state index in [0.717, 1.165) is 25.5 Å². The molecule has 0 aliphatic carbocycles. The van der Waals surface area contributed by atoms with Gasteiger partial charge in [-0.25, -0.2) is 0 Å². The molecule has 0 heterocycles. The van der Waals surface area contributed by atoms with Crippen LogP contribution in [0.4, 0.5) is 0 Å². The Bertz CT molecular complexity index is 190. The van der Waals surface area contributed by atoms with E-state index in [2.05, 4.69) is 0 Å². The molecule has 0 radical (unpaired) electrons. The monoisotopic (exact) mass is 242 g/mol. The third kappa shape index (κ3) is 15.1. The van der Waals surface area contributed by atoms with Crippen LogP contribution >= 0.6 is 0 Å². The van der Waals surface area contributed by atoms with Crippen molar-refractivity contribution in [1.29, 1.82) is 0 Å². The molecule has 1 N–H and O–H groups in total. The first-order valence-corrected chi connectivity index (χ1v) is 6.93. The van der Waals surface area contributed by atoms with Crippen LogP contribution in [0.1, 0.15) is 77.0 Å². The van der Waals surface area contributed by atoms with Gasteiger partial charge in [-0.3, -0.25) is 4.79 Å². The zero-order chi connectivity index (χ0) is 12.8. The van der Waals surface area contributed by atoms with E-state index in [1.165, 1.54) is 44.9 Å². The predicted octanol–water partition coefficient (Wildman–Crippen LogP) is 3.95.